The highest BCUT2D eigenvalue weighted by Crippen LogP contribution is 2.36. The monoisotopic (exact) mass is 349 g/mol. The van der Waals surface area contributed by atoms with E-state index in [0.717, 1.165) is 9.30 Å². The van der Waals surface area contributed by atoms with Crippen LogP contribution in [0.3, 0.4) is 0 Å². The number of aromatic nitrogens is 1. The molecule has 0 fully saturated rings. The smallest absolute Gasteiger partial charge is 0.123 e. The number of pyridine rings is 1. The number of hydrogen-bond donors (Lipinski definition) is 0. The van der Waals surface area contributed by atoms with Crippen molar-refractivity contribution in [3.63, 3.8) is 0 Å². The molecular formula is C15H12BrNS2. The Labute approximate surface area is 129 Å². The summed E-state index contributed by atoms with van der Waals surface area (Å²) in [6, 6.07) is 12.8. The lowest BCUT2D eigenvalue weighted by molar-refractivity contribution is 1.08. The summed E-state index contributed by atoms with van der Waals surface area (Å²) in [4.78, 5) is 6.91. The highest BCUT2D eigenvalue weighted by molar-refractivity contribution is 9.10. The van der Waals surface area contributed by atoms with E-state index in [2.05, 4.69) is 69.6 Å². The van der Waals surface area contributed by atoms with Crippen LogP contribution in [0.2, 0.25) is 0 Å². The summed E-state index contributed by atoms with van der Waals surface area (Å²) in [5.41, 5.74) is 1.28. The zero-order valence-corrected chi connectivity index (χ0v) is 13.6. The van der Waals surface area contributed by atoms with E-state index in [9.17, 15) is 0 Å². The predicted molar refractivity (Wildman–Crippen MR) is 88.0 cm³/mol. The molecule has 0 amide bonds. The molecule has 1 nitrogen and oxygen atoms in total. The molecule has 0 N–H and O–H groups in total. The summed E-state index contributed by atoms with van der Waals surface area (Å²) in [6.07, 6.45) is 2.00. The molecule has 2 heterocycles. The van der Waals surface area contributed by atoms with Crippen LogP contribution < -0.4 is 0 Å². The second-order valence-corrected chi connectivity index (χ2v) is 7.52. The fourth-order valence-corrected chi connectivity index (χ4v) is 3.83. The molecular weight excluding hydrogens is 338 g/mol. The summed E-state index contributed by atoms with van der Waals surface area (Å²) >= 11 is 7.01. The normalized spacial score (nSPS) is 12.7. The van der Waals surface area contributed by atoms with Gasteiger partial charge in [-0.3, -0.25) is 0 Å². The average molecular weight is 350 g/mol. The maximum Gasteiger partial charge on any atom is 0.123 e. The van der Waals surface area contributed by atoms with E-state index in [1.165, 1.54) is 15.8 Å². The standard InChI is InChI=1S/C15H12BrNS2/c1-10(19-14-4-2-13(16)3-5-14)12-8-11-6-7-18-15(11)17-9-12/h2-10H,1H3. The highest BCUT2D eigenvalue weighted by Gasteiger charge is 2.09. The highest BCUT2D eigenvalue weighted by atomic mass is 79.9. The Morgan fingerprint density at radius 1 is 1.21 bits per heavy atom. The molecule has 0 bridgehead atoms. The van der Waals surface area contributed by atoms with Crippen LogP contribution >= 0.6 is 39.0 Å². The van der Waals surface area contributed by atoms with Gasteiger partial charge in [-0.05, 0) is 54.3 Å². The zero-order chi connectivity index (χ0) is 13.2. The number of fused-ring (bicyclic) bond motifs is 1. The zero-order valence-electron chi connectivity index (χ0n) is 10.3. The average Bonchev–Trinajstić information content (AvgIpc) is 2.88. The minimum atomic E-state index is 0.401. The van der Waals surface area contributed by atoms with Crippen molar-refractivity contribution in [1.29, 1.82) is 0 Å². The van der Waals surface area contributed by atoms with Crippen molar-refractivity contribution in [2.24, 2.45) is 0 Å². The van der Waals surface area contributed by atoms with Gasteiger partial charge in [-0.25, -0.2) is 4.98 Å². The number of rotatable bonds is 3. The summed E-state index contributed by atoms with van der Waals surface area (Å²) < 4.78 is 1.12. The quantitative estimate of drug-likeness (QED) is 0.545. The Kier molecular flexibility index (Phi) is 3.91. The Bertz CT molecular complexity index is 691. The summed E-state index contributed by atoms with van der Waals surface area (Å²) in [7, 11) is 0. The predicted octanol–water partition coefficient (Wildman–Crippen LogP) is 5.91. The van der Waals surface area contributed by atoms with Crippen LogP contribution in [-0.4, -0.2) is 4.98 Å². The van der Waals surface area contributed by atoms with E-state index >= 15 is 0 Å². The lowest BCUT2D eigenvalue weighted by Gasteiger charge is -2.11. The lowest BCUT2D eigenvalue weighted by Crippen LogP contribution is -1.89. The first kappa shape index (κ1) is 13.2. The maximum absolute atomic E-state index is 4.52. The van der Waals surface area contributed by atoms with Gasteiger partial charge in [0.2, 0.25) is 0 Å². The molecule has 0 aliphatic rings. The number of nitrogens with zero attached hydrogens (tertiary/aromatic N) is 1. The molecule has 96 valence electrons. The van der Waals surface area contributed by atoms with Gasteiger partial charge in [0.05, 0.1) is 0 Å². The van der Waals surface area contributed by atoms with Crippen LogP contribution in [0.4, 0.5) is 0 Å². The largest absolute Gasteiger partial charge is 0.245 e. The Morgan fingerprint density at radius 2 is 2.00 bits per heavy atom. The number of thiophene rings is 1. The fraction of sp³-hybridized carbons (Fsp3) is 0.133. The van der Waals surface area contributed by atoms with Gasteiger partial charge in [0.25, 0.3) is 0 Å². The van der Waals surface area contributed by atoms with E-state index in [1.54, 1.807) is 11.3 Å². The van der Waals surface area contributed by atoms with Gasteiger partial charge in [-0.1, -0.05) is 15.9 Å². The molecule has 0 aliphatic heterocycles. The second kappa shape index (κ2) is 5.65. The van der Waals surface area contributed by atoms with E-state index in [4.69, 9.17) is 0 Å². The molecule has 0 aliphatic carbocycles. The van der Waals surface area contributed by atoms with Crippen molar-refractivity contribution in [2.45, 2.75) is 17.1 Å². The summed E-state index contributed by atoms with van der Waals surface area (Å²) in [6.45, 7) is 2.22. The van der Waals surface area contributed by atoms with Crippen LogP contribution in [0.5, 0.6) is 0 Å². The van der Waals surface area contributed by atoms with Crippen LogP contribution in [0.15, 0.2) is 57.3 Å². The van der Waals surface area contributed by atoms with Crippen molar-refractivity contribution < 1.29 is 0 Å². The van der Waals surface area contributed by atoms with Crippen LogP contribution in [0.25, 0.3) is 10.2 Å². The third-order valence-corrected chi connectivity index (χ3v) is 5.46. The molecule has 3 aromatic rings. The molecule has 1 aromatic carbocycles. The first-order valence-corrected chi connectivity index (χ1v) is 8.53. The SMILES string of the molecule is CC(Sc1ccc(Br)cc1)c1cnc2sccc2c1. The Morgan fingerprint density at radius 3 is 2.79 bits per heavy atom. The van der Waals surface area contributed by atoms with Crippen LogP contribution in [0, 0.1) is 0 Å². The molecule has 0 saturated heterocycles. The minimum Gasteiger partial charge on any atom is -0.245 e. The molecule has 0 saturated carbocycles. The van der Waals surface area contributed by atoms with Gasteiger partial charge in [-0.2, -0.15) is 0 Å². The van der Waals surface area contributed by atoms with Gasteiger partial charge >= 0.3 is 0 Å². The Hall–Kier alpha value is -0.840. The van der Waals surface area contributed by atoms with Crippen molar-refractivity contribution >= 4 is 49.2 Å². The van der Waals surface area contributed by atoms with Crippen LogP contribution in [-0.2, 0) is 0 Å². The lowest BCUT2D eigenvalue weighted by atomic mass is 10.2. The number of halogens is 1. The molecule has 1 unspecified atom stereocenters. The number of thioether (sulfide) groups is 1. The molecule has 4 heteroatoms. The van der Waals surface area contributed by atoms with E-state index < -0.39 is 0 Å². The van der Waals surface area contributed by atoms with E-state index in [1.807, 2.05) is 18.0 Å². The summed E-state index contributed by atoms with van der Waals surface area (Å²) in [5, 5.41) is 3.73. The third kappa shape index (κ3) is 3.02. The third-order valence-electron chi connectivity index (χ3n) is 2.92. The van der Waals surface area contributed by atoms with Gasteiger partial charge in [0, 0.05) is 26.2 Å². The number of hydrogen-bond acceptors (Lipinski definition) is 3. The van der Waals surface area contributed by atoms with Crippen molar-refractivity contribution in [3.05, 3.63) is 58.0 Å². The molecule has 2 aromatic heterocycles. The van der Waals surface area contributed by atoms with Gasteiger partial charge in [0.15, 0.2) is 0 Å². The topological polar surface area (TPSA) is 12.9 Å². The first-order valence-electron chi connectivity index (χ1n) is 5.98. The van der Waals surface area contributed by atoms with Crippen molar-refractivity contribution in [1.82, 2.24) is 4.98 Å². The van der Waals surface area contributed by atoms with Gasteiger partial charge < -0.3 is 0 Å². The Balaban J connectivity index is 1.82. The molecule has 0 spiro atoms. The van der Waals surface area contributed by atoms with Gasteiger partial charge in [0.1, 0.15) is 4.83 Å². The van der Waals surface area contributed by atoms with E-state index in [0.29, 0.717) is 5.25 Å². The second-order valence-electron chi connectivity index (χ2n) is 4.30. The first-order chi connectivity index (χ1) is 9.22. The van der Waals surface area contributed by atoms with Crippen molar-refractivity contribution in [2.75, 3.05) is 0 Å². The maximum atomic E-state index is 4.52. The molecule has 19 heavy (non-hydrogen) atoms. The van der Waals surface area contributed by atoms with Crippen molar-refractivity contribution in [3.8, 4) is 0 Å². The van der Waals surface area contributed by atoms with E-state index in [-0.39, 0.29) is 0 Å². The molecule has 0 radical (unpaired) electrons. The fourth-order valence-electron chi connectivity index (χ4n) is 1.88. The van der Waals surface area contributed by atoms with Crippen LogP contribution in [0.1, 0.15) is 17.7 Å². The molecule has 1 atom stereocenters. The molecule has 3 rings (SSSR count). The number of benzene rings is 1. The van der Waals surface area contributed by atoms with Gasteiger partial charge in [-0.15, -0.1) is 23.1 Å². The minimum absolute atomic E-state index is 0.401. The summed E-state index contributed by atoms with van der Waals surface area (Å²) in [5.74, 6) is 0.